The maximum absolute atomic E-state index is 12.8. The van der Waals surface area contributed by atoms with Crippen molar-refractivity contribution in [3.05, 3.63) is 45.9 Å². The molecule has 0 aromatic heterocycles. The molecule has 1 aliphatic heterocycles. The normalized spacial score (nSPS) is 16.7. The molecule has 0 saturated carbocycles. The SMILES string of the molecule is COc1ccc(S(=O)(=O)Nc2ccc(Cl)c(Cl)c2)c2c1C[C@@H](N)CO2. The van der Waals surface area contributed by atoms with Crippen molar-refractivity contribution in [1.29, 1.82) is 0 Å². The predicted octanol–water partition coefficient (Wildman–Crippen LogP) is 3.07. The van der Waals surface area contributed by atoms with Crippen LogP contribution in [0.3, 0.4) is 0 Å². The van der Waals surface area contributed by atoms with Crippen LogP contribution in [-0.2, 0) is 16.4 Å². The highest BCUT2D eigenvalue weighted by Gasteiger charge is 2.29. The van der Waals surface area contributed by atoms with Gasteiger partial charge in [0.1, 0.15) is 23.0 Å². The van der Waals surface area contributed by atoms with Gasteiger partial charge in [0.25, 0.3) is 10.0 Å². The molecule has 0 aliphatic carbocycles. The Labute approximate surface area is 155 Å². The second-order valence-corrected chi connectivity index (χ2v) is 8.05. The van der Waals surface area contributed by atoms with E-state index in [4.69, 9.17) is 38.4 Å². The van der Waals surface area contributed by atoms with Gasteiger partial charge in [0, 0.05) is 11.6 Å². The van der Waals surface area contributed by atoms with E-state index >= 15 is 0 Å². The van der Waals surface area contributed by atoms with E-state index < -0.39 is 10.0 Å². The van der Waals surface area contributed by atoms with E-state index in [2.05, 4.69) is 4.72 Å². The molecule has 2 aromatic rings. The summed E-state index contributed by atoms with van der Waals surface area (Å²) in [6.07, 6.45) is 0.467. The number of ether oxygens (including phenoxy) is 2. The van der Waals surface area contributed by atoms with E-state index in [0.29, 0.717) is 28.4 Å². The Balaban J connectivity index is 2.02. The van der Waals surface area contributed by atoms with Gasteiger partial charge >= 0.3 is 0 Å². The van der Waals surface area contributed by atoms with Crippen LogP contribution in [0.5, 0.6) is 11.5 Å². The number of benzene rings is 2. The van der Waals surface area contributed by atoms with Crippen LogP contribution in [-0.4, -0.2) is 28.2 Å². The summed E-state index contributed by atoms with van der Waals surface area (Å²) >= 11 is 11.8. The third-order valence-corrected chi connectivity index (χ3v) is 5.91. The molecular weight excluding hydrogens is 387 g/mol. The van der Waals surface area contributed by atoms with E-state index in [-0.39, 0.29) is 28.3 Å². The van der Waals surface area contributed by atoms with Gasteiger partial charge < -0.3 is 15.2 Å². The molecule has 2 aromatic carbocycles. The molecule has 0 bridgehead atoms. The minimum Gasteiger partial charge on any atom is -0.496 e. The van der Waals surface area contributed by atoms with Gasteiger partial charge in [0.05, 0.1) is 22.8 Å². The molecule has 1 atom stereocenters. The highest BCUT2D eigenvalue weighted by molar-refractivity contribution is 7.92. The fourth-order valence-electron chi connectivity index (χ4n) is 2.62. The number of hydrogen-bond acceptors (Lipinski definition) is 5. The van der Waals surface area contributed by atoms with E-state index in [1.807, 2.05) is 0 Å². The van der Waals surface area contributed by atoms with Crippen LogP contribution in [0.1, 0.15) is 5.56 Å². The van der Waals surface area contributed by atoms with Gasteiger partial charge in [-0.05, 0) is 36.8 Å². The highest BCUT2D eigenvalue weighted by Crippen LogP contribution is 2.39. The van der Waals surface area contributed by atoms with Crippen molar-refractivity contribution in [2.45, 2.75) is 17.4 Å². The molecule has 9 heteroatoms. The standard InChI is InChI=1S/C16H16Cl2N2O4S/c1-23-14-4-5-15(16-11(14)6-9(19)8-24-16)25(21,22)20-10-2-3-12(17)13(18)7-10/h2-5,7,9,20H,6,8,19H2,1H3/t9-/m1/s1. The number of fused-ring (bicyclic) bond motifs is 1. The molecular formula is C16H16Cl2N2O4S. The molecule has 1 heterocycles. The zero-order chi connectivity index (χ0) is 18.2. The van der Waals surface area contributed by atoms with Gasteiger partial charge in [-0.15, -0.1) is 0 Å². The van der Waals surface area contributed by atoms with Crippen LogP contribution < -0.4 is 19.9 Å². The van der Waals surface area contributed by atoms with Crippen LogP contribution in [0.2, 0.25) is 10.0 Å². The highest BCUT2D eigenvalue weighted by atomic mass is 35.5. The second-order valence-electron chi connectivity index (χ2n) is 5.58. The molecule has 1 aliphatic rings. The zero-order valence-electron chi connectivity index (χ0n) is 13.3. The van der Waals surface area contributed by atoms with Crippen molar-refractivity contribution in [2.75, 3.05) is 18.4 Å². The number of sulfonamides is 1. The Kier molecular flexibility index (Phi) is 5.02. The number of nitrogens with one attached hydrogen (secondary N) is 1. The molecule has 3 N–H and O–H groups in total. The van der Waals surface area contributed by atoms with Crippen molar-refractivity contribution in [3.63, 3.8) is 0 Å². The Hall–Kier alpha value is -1.67. The molecule has 0 saturated heterocycles. The molecule has 0 unspecified atom stereocenters. The lowest BCUT2D eigenvalue weighted by Gasteiger charge is -2.26. The largest absolute Gasteiger partial charge is 0.496 e. The summed E-state index contributed by atoms with van der Waals surface area (Å²) in [4.78, 5) is 0.0151. The van der Waals surface area contributed by atoms with Crippen LogP contribution in [0.25, 0.3) is 0 Å². The van der Waals surface area contributed by atoms with Crippen LogP contribution in [0, 0.1) is 0 Å². The Bertz CT molecular complexity index is 919. The minimum absolute atomic E-state index is 0.0151. The summed E-state index contributed by atoms with van der Waals surface area (Å²) in [5, 5.41) is 0.588. The lowest BCUT2D eigenvalue weighted by molar-refractivity contribution is 0.251. The average molecular weight is 403 g/mol. The summed E-state index contributed by atoms with van der Waals surface area (Å²) in [6.45, 7) is 0.232. The molecule has 3 rings (SSSR count). The quantitative estimate of drug-likeness (QED) is 0.819. The van der Waals surface area contributed by atoms with Gasteiger partial charge in [-0.25, -0.2) is 8.42 Å². The van der Waals surface area contributed by atoms with E-state index in [1.54, 1.807) is 6.07 Å². The second kappa shape index (κ2) is 6.92. The topological polar surface area (TPSA) is 90.7 Å². The molecule has 0 radical (unpaired) electrons. The van der Waals surface area contributed by atoms with Gasteiger partial charge in [0.2, 0.25) is 0 Å². The average Bonchev–Trinajstić information content (AvgIpc) is 2.56. The van der Waals surface area contributed by atoms with Gasteiger partial charge in [-0.2, -0.15) is 0 Å². The van der Waals surface area contributed by atoms with Crippen molar-refractivity contribution in [2.24, 2.45) is 5.73 Å². The number of rotatable bonds is 4. The first-order chi connectivity index (χ1) is 11.8. The summed E-state index contributed by atoms with van der Waals surface area (Å²) in [5.41, 5.74) is 6.85. The number of halogens is 2. The number of nitrogens with two attached hydrogens (primary N) is 1. The molecule has 0 fully saturated rings. The molecule has 0 spiro atoms. The third kappa shape index (κ3) is 3.64. The minimum atomic E-state index is -3.90. The number of hydrogen-bond donors (Lipinski definition) is 2. The Morgan fingerprint density at radius 2 is 2.00 bits per heavy atom. The van der Waals surface area contributed by atoms with Crippen LogP contribution in [0.15, 0.2) is 35.2 Å². The molecule has 134 valence electrons. The van der Waals surface area contributed by atoms with Crippen molar-refractivity contribution < 1.29 is 17.9 Å². The molecule has 6 nitrogen and oxygen atoms in total. The first-order valence-electron chi connectivity index (χ1n) is 7.38. The Morgan fingerprint density at radius 3 is 2.68 bits per heavy atom. The van der Waals surface area contributed by atoms with Crippen molar-refractivity contribution in [1.82, 2.24) is 0 Å². The summed E-state index contributed by atoms with van der Waals surface area (Å²) in [7, 11) is -2.39. The predicted molar refractivity (Wildman–Crippen MR) is 97.4 cm³/mol. The number of methoxy groups -OCH3 is 1. The summed E-state index contributed by atoms with van der Waals surface area (Å²) < 4.78 is 39.0. The zero-order valence-corrected chi connectivity index (χ0v) is 15.6. The number of anilines is 1. The third-order valence-electron chi connectivity index (χ3n) is 3.77. The summed E-state index contributed by atoms with van der Waals surface area (Å²) in [6, 6.07) is 7.29. The van der Waals surface area contributed by atoms with Crippen LogP contribution in [0.4, 0.5) is 5.69 Å². The summed E-state index contributed by atoms with van der Waals surface area (Å²) in [5.74, 6) is 0.798. The van der Waals surface area contributed by atoms with Gasteiger partial charge in [0.15, 0.2) is 0 Å². The maximum Gasteiger partial charge on any atom is 0.265 e. The monoisotopic (exact) mass is 402 g/mol. The van der Waals surface area contributed by atoms with E-state index in [9.17, 15) is 8.42 Å². The Morgan fingerprint density at radius 1 is 1.24 bits per heavy atom. The van der Waals surface area contributed by atoms with E-state index in [0.717, 1.165) is 0 Å². The van der Waals surface area contributed by atoms with E-state index in [1.165, 1.54) is 31.4 Å². The first kappa shape index (κ1) is 18.1. The molecule has 0 amide bonds. The van der Waals surface area contributed by atoms with Crippen LogP contribution >= 0.6 is 23.2 Å². The van der Waals surface area contributed by atoms with Crippen molar-refractivity contribution in [3.8, 4) is 11.5 Å². The smallest absolute Gasteiger partial charge is 0.265 e. The van der Waals surface area contributed by atoms with Crippen molar-refractivity contribution >= 4 is 38.9 Å². The fourth-order valence-corrected chi connectivity index (χ4v) is 4.14. The lowest BCUT2D eigenvalue weighted by atomic mass is 10.0. The van der Waals surface area contributed by atoms with Gasteiger partial charge in [-0.1, -0.05) is 23.2 Å². The van der Waals surface area contributed by atoms with Gasteiger partial charge in [-0.3, -0.25) is 4.72 Å². The first-order valence-corrected chi connectivity index (χ1v) is 9.62. The lowest BCUT2D eigenvalue weighted by Crippen LogP contribution is -2.34. The fraction of sp³-hybridized carbons (Fsp3) is 0.250. The maximum atomic E-state index is 12.8. The molecule has 25 heavy (non-hydrogen) atoms.